The summed E-state index contributed by atoms with van der Waals surface area (Å²) in [5.41, 5.74) is -0.544. The minimum Gasteiger partial charge on any atom is -0.492 e. The smallest absolute Gasteiger partial charge is 0.226 e. The first-order valence-corrected chi connectivity index (χ1v) is 7.01. The Kier molecular flexibility index (Phi) is 5.96. The predicted molar refractivity (Wildman–Crippen MR) is 77.1 cm³/mol. The highest BCUT2D eigenvalue weighted by Crippen LogP contribution is 2.18. The molecule has 0 aromatic heterocycles. The van der Waals surface area contributed by atoms with Crippen molar-refractivity contribution >= 4 is 33.4 Å². The lowest BCUT2D eigenvalue weighted by Gasteiger charge is -2.20. The molecule has 3 nitrogen and oxygen atoms in total. The second-order valence-electron chi connectivity index (χ2n) is 4.58. The molecule has 1 amide bonds. The number of carbonyl (C=O) groups excluding carboxylic acids is 1. The molecule has 0 aliphatic rings. The maximum Gasteiger partial charge on any atom is 0.226 e. The van der Waals surface area contributed by atoms with Gasteiger partial charge in [0.15, 0.2) is 0 Å². The monoisotopic (exact) mass is 333 g/mol. The molecule has 0 saturated heterocycles. The molecule has 0 aliphatic carbocycles. The van der Waals surface area contributed by atoms with Crippen LogP contribution in [0.4, 0.5) is 0 Å². The molecule has 18 heavy (non-hydrogen) atoms. The first kappa shape index (κ1) is 15.3. The number of hydrogen-bond donors (Lipinski definition) is 1. The number of alkyl halides is 1. The number of ether oxygens (including phenoxy) is 1. The quantitative estimate of drug-likeness (QED) is 0.641. The van der Waals surface area contributed by atoms with Gasteiger partial charge in [-0.1, -0.05) is 22.0 Å². The molecule has 5 heteroatoms. The zero-order valence-electron chi connectivity index (χ0n) is 10.5. The fourth-order valence-corrected chi connectivity index (χ4v) is 1.69. The van der Waals surface area contributed by atoms with Gasteiger partial charge in [-0.05, 0) is 32.0 Å². The van der Waals surface area contributed by atoms with Crippen LogP contribution in [0.25, 0.3) is 0 Å². The number of benzene rings is 1. The maximum absolute atomic E-state index is 11.7. The molecule has 0 aliphatic heterocycles. The molecule has 1 aromatic rings. The highest BCUT2D eigenvalue weighted by molar-refractivity contribution is 9.10. The number of rotatable bonds is 6. The second kappa shape index (κ2) is 7.00. The molecular formula is C13H17BrClNO2. The Bertz CT molecular complexity index is 410. The minimum absolute atomic E-state index is 0.0599. The van der Waals surface area contributed by atoms with Crippen LogP contribution < -0.4 is 10.1 Å². The predicted octanol–water partition coefficient (Wildman–Crippen LogP) is 3.21. The summed E-state index contributed by atoms with van der Waals surface area (Å²) in [6.07, 6.45) is 0. The highest BCUT2D eigenvalue weighted by atomic mass is 79.9. The Labute approximate surface area is 121 Å². The molecule has 100 valence electrons. The average molecular weight is 335 g/mol. The van der Waals surface area contributed by atoms with E-state index in [0.717, 1.165) is 10.2 Å². The summed E-state index contributed by atoms with van der Waals surface area (Å²) in [5, 5.41) is 2.80. The molecule has 1 aromatic carbocycles. The van der Waals surface area contributed by atoms with Gasteiger partial charge in [0.05, 0.1) is 12.0 Å². The van der Waals surface area contributed by atoms with Gasteiger partial charge in [0, 0.05) is 10.4 Å². The van der Waals surface area contributed by atoms with E-state index in [1.54, 1.807) is 0 Å². The van der Waals surface area contributed by atoms with E-state index in [9.17, 15) is 4.79 Å². The lowest BCUT2D eigenvalue weighted by atomic mass is 9.95. The van der Waals surface area contributed by atoms with Crippen LogP contribution in [0.15, 0.2) is 28.7 Å². The third kappa shape index (κ3) is 4.86. The van der Waals surface area contributed by atoms with E-state index in [-0.39, 0.29) is 5.91 Å². The summed E-state index contributed by atoms with van der Waals surface area (Å²) < 4.78 is 6.47. The molecule has 0 spiro atoms. The van der Waals surface area contributed by atoms with Gasteiger partial charge < -0.3 is 10.1 Å². The maximum atomic E-state index is 11.7. The number of hydrogen-bond acceptors (Lipinski definition) is 2. The van der Waals surface area contributed by atoms with Gasteiger partial charge in [0.25, 0.3) is 0 Å². The van der Waals surface area contributed by atoms with Crippen molar-refractivity contribution in [1.29, 1.82) is 0 Å². The van der Waals surface area contributed by atoms with Crippen LogP contribution in [0.3, 0.4) is 0 Å². The van der Waals surface area contributed by atoms with Crippen LogP contribution in [0.5, 0.6) is 5.75 Å². The van der Waals surface area contributed by atoms with Gasteiger partial charge in [-0.3, -0.25) is 4.79 Å². The van der Waals surface area contributed by atoms with Gasteiger partial charge >= 0.3 is 0 Å². The van der Waals surface area contributed by atoms with Crippen LogP contribution in [0.1, 0.15) is 13.8 Å². The Hall–Kier alpha value is -0.740. The zero-order valence-corrected chi connectivity index (χ0v) is 12.8. The zero-order chi connectivity index (χ0) is 13.6. The van der Waals surface area contributed by atoms with Crippen LogP contribution in [-0.2, 0) is 4.79 Å². The summed E-state index contributed by atoms with van der Waals surface area (Å²) in [4.78, 5) is 11.7. The Morgan fingerprint density at radius 3 is 2.83 bits per heavy atom. The molecule has 0 saturated carbocycles. The molecule has 0 atom stereocenters. The SMILES string of the molecule is CC(C)(CCl)C(=O)NCCOc1cccc(Br)c1. The summed E-state index contributed by atoms with van der Waals surface area (Å²) in [6.45, 7) is 4.52. The standard InChI is InChI=1S/C13H17BrClNO2/c1-13(2,9-15)12(17)16-6-7-18-11-5-3-4-10(14)8-11/h3-5,8H,6-7,9H2,1-2H3,(H,16,17). The van der Waals surface area contributed by atoms with Crippen molar-refractivity contribution in [1.82, 2.24) is 5.32 Å². The van der Waals surface area contributed by atoms with Gasteiger partial charge in [-0.2, -0.15) is 0 Å². The number of amides is 1. The van der Waals surface area contributed by atoms with E-state index < -0.39 is 5.41 Å². The lowest BCUT2D eigenvalue weighted by molar-refractivity contribution is -0.128. The first-order chi connectivity index (χ1) is 8.45. The van der Waals surface area contributed by atoms with Crippen molar-refractivity contribution in [2.75, 3.05) is 19.0 Å². The number of carbonyl (C=O) groups is 1. The van der Waals surface area contributed by atoms with Crippen LogP contribution in [0, 0.1) is 5.41 Å². The summed E-state index contributed by atoms with van der Waals surface area (Å²) in [5.74, 6) is 1.01. The van der Waals surface area contributed by atoms with E-state index in [2.05, 4.69) is 21.2 Å². The molecule has 0 unspecified atom stereocenters. The molecule has 1 rings (SSSR count). The highest BCUT2D eigenvalue weighted by Gasteiger charge is 2.25. The van der Waals surface area contributed by atoms with Gasteiger partial charge in [-0.15, -0.1) is 11.6 Å². The van der Waals surface area contributed by atoms with Crippen LogP contribution in [-0.4, -0.2) is 24.9 Å². The van der Waals surface area contributed by atoms with Gasteiger partial charge in [0.1, 0.15) is 12.4 Å². The summed E-state index contributed by atoms with van der Waals surface area (Å²) in [6, 6.07) is 7.58. The van der Waals surface area contributed by atoms with Crippen molar-refractivity contribution in [3.63, 3.8) is 0 Å². The van der Waals surface area contributed by atoms with E-state index in [1.165, 1.54) is 0 Å². The van der Waals surface area contributed by atoms with Crippen molar-refractivity contribution in [2.24, 2.45) is 5.41 Å². The Balaban J connectivity index is 2.29. The number of nitrogens with one attached hydrogen (secondary N) is 1. The van der Waals surface area contributed by atoms with E-state index in [1.807, 2.05) is 38.1 Å². The fraction of sp³-hybridized carbons (Fsp3) is 0.462. The lowest BCUT2D eigenvalue weighted by Crippen LogP contribution is -2.39. The van der Waals surface area contributed by atoms with Crippen molar-refractivity contribution in [2.45, 2.75) is 13.8 Å². The summed E-state index contributed by atoms with van der Waals surface area (Å²) >= 11 is 9.08. The topological polar surface area (TPSA) is 38.3 Å². The minimum atomic E-state index is -0.544. The Morgan fingerprint density at radius 2 is 2.22 bits per heavy atom. The number of halogens is 2. The van der Waals surface area contributed by atoms with E-state index in [4.69, 9.17) is 16.3 Å². The molecule has 0 fully saturated rings. The molecular weight excluding hydrogens is 318 g/mol. The second-order valence-corrected chi connectivity index (χ2v) is 5.76. The molecule has 0 heterocycles. The molecule has 0 bridgehead atoms. The van der Waals surface area contributed by atoms with E-state index >= 15 is 0 Å². The normalized spacial score (nSPS) is 11.1. The third-order valence-corrected chi connectivity index (χ3v) is 3.56. The Morgan fingerprint density at radius 1 is 1.50 bits per heavy atom. The van der Waals surface area contributed by atoms with Crippen LogP contribution >= 0.6 is 27.5 Å². The summed E-state index contributed by atoms with van der Waals surface area (Å²) in [7, 11) is 0. The van der Waals surface area contributed by atoms with Crippen molar-refractivity contribution < 1.29 is 9.53 Å². The average Bonchev–Trinajstić information content (AvgIpc) is 2.34. The third-order valence-electron chi connectivity index (χ3n) is 2.40. The van der Waals surface area contributed by atoms with Crippen molar-refractivity contribution in [3.8, 4) is 5.75 Å². The first-order valence-electron chi connectivity index (χ1n) is 5.68. The van der Waals surface area contributed by atoms with Crippen molar-refractivity contribution in [3.05, 3.63) is 28.7 Å². The van der Waals surface area contributed by atoms with Crippen LogP contribution in [0.2, 0.25) is 0 Å². The van der Waals surface area contributed by atoms with Gasteiger partial charge in [0.2, 0.25) is 5.91 Å². The fourth-order valence-electron chi connectivity index (χ4n) is 1.19. The van der Waals surface area contributed by atoms with Gasteiger partial charge in [-0.25, -0.2) is 0 Å². The largest absolute Gasteiger partial charge is 0.492 e. The molecule has 1 N–H and O–H groups in total. The molecule has 0 radical (unpaired) electrons. The van der Waals surface area contributed by atoms with E-state index in [0.29, 0.717) is 19.0 Å².